The average Bonchev–Trinajstić information content (AvgIpc) is 2.35. The number of anilines is 1. The van der Waals surface area contributed by atoms with Crippen LogP contribution in [-0.4, -0.2) is 37.9 Å². The van der Waals surface area contributed by atoms with Crippen molar-refractivity contribution in [1.29, 1.82) is 0 Å². The van der Waals surface area contributed by atoms with E-state index < -0.39 is 6.10 Å². The molecule has 0 aliphatic heterocycles. The van der Waals surface area contributed by atoms with Gasteiger partial charge in [-0.1, -0.05) is 0 Å². The second-order valence-electron chi connectivity index (χ2n) is 3.26. The van der Waals surface area contributed by atoms with Crippen molar-refractivity contribution in [1.82, 2.24) is 0 Å². The van der Waals surface area contributed by atoms with E-state index in [2.05, 4.69) is 5.32 Å². The Morgan fingerprint density at radius 1 is 1.38 bits per heavy atom. The SMILES string of the molecule is COc1ccc(OC)c(NCC(O)CCl)c1. The minimum Gasteiger partial charge on any atom is -0.497 e. The molecule has 2 N–H and O–H groups in total. The number of halogens is 1. The Morgan fingerprint density at radius 3 is 2.69 bits per heavy atom. The highest BCUT2D eigenvalue weighted by atomic mass is 35.5. The van der Waals surface area contributed by atoms with Gasteiger partial charge in [-0.3, -0.25) is 0 Å². The maximum absolute atomic E-state index is 9.34. The molecule has 0 radical (unpaired) electrons. The topological polar surface area (TPSA) is 50.7 Å². The molecule has 0 heterocycles. The van der Waals surface area contributed by atoms with Crippen LogP contribution in [0.5, 0.6) is 11.5 Å². The number of rotatable bonds is 6. The van der Waals surface area contributed by atoms with Crippen molar-refractivity contribution >= 4 is 17.3 Å². The largest absolute Gasteiger partial charge is 0.497 e. The number of aliphatic hydroxyl groups excluding tert-OH is 1. The third-order valence-corrected chi connectivity index (χ3v) is 2.47. The third kappa shape index (κ3) is 3.47. The lowest BCUT2D eigenvalue weighted by Crippen LogP contribution is -2.21. The van der Waals surface area contributed by atoms with Crippen LogP contribution in [0, 0.1) is 0 Å². The summed E-state index contributed by atoms with van der Waals surface area (Å²) in [6.45, 7) is 0.368. The molecule has 90 valence electrons. The van der Waals surface area contributed by atoms with E-state index in [1.165, 1.54) is 0 Å². The van der Waals surface area contributed by atoms with E-state index in [1.54, 1.807) is 26.4 Å². The van der Waals surface area contributed by atoms with Gasteiger partial charge in [-0.2, -0.15) is 0 Å². The van der Waals surface area contributed by atoms with Gasteiger partial charge < -0.3 is 19.9 Å². The summed E-state index contributed by atoms with van der Waals surface area (Å²) >= 11 is 5.50. The average molecular weight is 246 g/mol. The normalized spacial score (nSPS) is 12.0. The van der Waals surface area contributed by atoms with Gasteiger partial charge in [0.1, 0.15) is 11.5 Å². The van der Waals surface area contributed by atoms with Crippen LogP contribution in [0.1, 0.15) is 0 Å². The first kappa shape index (κ1) is 12.9. The molecule has 1 rings (SSSR count). The molecule has 0 amide bonds. The zero-order valence-corrected chi connectivity index (χ0v) is 10.1. The van der Waals surface area contributed by atoms with Crippen molar-refractivity contribution in [2.24, 2.45) is 0 Å². The molecule has 0 saturated heterocycles. The second kappa shape index (κ2) is 6.45. The number of benzene rings is 1. The zero-order valence-electron chi connectivity index (χ0n) is 9.37. The van der Waals surface area contributed by atoms with Crippen LogP contribution in [0.15, 0.2) is 18.2 Å². The zero-order chi connectivity index (χ0) is 12.0. The highest BCUT2D eigenvalue weighted by molar-refractivity contribution is 6.18. The Labute approximate surface area is 100 Å². The monoisotopic (exact) mass is 245 g/mol. The molecule has 1 unspecified atom stereocenters. The molecule has 0 aromatic heterocycles. The number of methoxy groups -OCH3 is 2. The lowest BCUT2D eigenvalue weighted by Gasteiger charge is -2.14. The van der Waals surface area contributed by atoms with Gasteiger partial charge in [0.15, 0.2) is 0 Å². The molecule has 0 aliphatic rings. The Balaban J connectivity index is 2.75. The Bertz CT molecular complexity index is 333. The number of aliphatic hydroxyl groups is 1. The van der Waals surface area contributed by atoms with Gasteiger partial charge in [0.05, 0.1) is 31.9 Å². The summed E-state index contributed by atoms with van der Waals surface area (Å²) in [5, 5.41) is 12.4. The molecule has 0 aliphatic carbocycles. The van der Waals surface area contributed by atoms with Crippen molar-refractivity contribution in [3.63, 3.8) is 0 Å². The van der Waals surface area contributed by atoms with Gasteiger partial charge in [-0.25, -0.2) is 0 Å². The molecule has 16 heavy (non-hydrogen) atoms. The van der Waals surface area contributed by atoms with Crippen LogP contribution in [0.25, 0.3) is 0 Å². The Hall–Kier alpha value is -1.13. The van der Waals surface area contributed by atoms with E-state index >= 15 is 0 Å². The van der Waals surface area contributed by atoms with Crippen molar-refractivity contribution < 1.29 is 14.6 Å². The van der Waals surface area contributed by atoms with E-state index in [-0.39, 0.29) is 5.88 Å². The molecule has 0 spiro atoms. The number of hydrogen-bond donors (Lipinski definition) is 2. The van der Waals surface area contributed by atoms with Crippen LogP contribution in [0.3, 0.4) is 0 Å². The molecule has 0 fully saturated rings. The lowest BCUT2D eigenvalue weighted by molar-refractivity contribution is 0.211. The minimum absolute atomic E-state index is 0.194. The van der Waals surface area contributed by atoms with Gasteiger partial charge in [-0.05, 0) is 12.1 Å². The van der Waals surface area contributed by atoms with Crippen molar-refractivity contribution in [3.8, 4) is 11.5 Å². The molecule has 0 saturated carbocycles. The predicted octanol–water partition coefficient (Wildman–Crippen LogP) is 1.72. The summed E-state index contributed by atoms with van der Waals surface area (Å²) < 4.78 is 10.3. The molecular weight excluding hydrogens is 230 g/mol. The van der Waals surface area contributed by atoms with Gasteiger partial charge in [0, 0.05) is 12.6 Å². The van der Waals surface area contributed by atoms with Crippen LogP contribution >= 0.6 is 11.6 Å². The van der Waals surface area contributed by atoms with Gasteiger partial charge in [0.25, 0.3) is 0 Å². The lowest BCUT2D eigenvalue weighted by atomic mass is 10.2. The Morgan fingerprint density at radius 2 is 2.12 bits per heavy atom. The van der Waals surface area contributed by atoms with Gasteiger partial charge in [0.2, 0.25) is 0 Å². The third-order valence-electron chi connectivity index (χ3n) is 2.11. The molecular formula is C11H16ClNO3. The molecule has 1 atom stereocenters. The van der Waals surface area contributed by atoms with Crippen LogP contribution in [-0.2, 0) is 0 Å². The molecule has 0 bridgehead atoms. The Kier molecular flexibility index (Phi) is 5.22. The summed E-state index contributed by atoms with van der Waals surface area (Å²) in [5.74, 6) is 1.62. The molecule has 1 aromatic carbocycles. The van der Waals surface area contributed by atoms with Crippen molar-refractivity contribution in [2.75, 3.05) is 32.0 Å². The molecule has 5 heteroatoms. The maximum atomic E-state index is 9.34. The number of hydrogen-bond acceptors (Lipinski definition) is 4. The first-order valence-electron chi connectivity index (χ1n) is 4.91. The van der Waals surface area contributed by atoms with Gasteiger partial charge >= 0.3 is 0 Å². The minimum atomic E-state index is -0.586. The summed E-state index contributed by atoms with van der Waals surface area (Å²) in [4.78, 5) is 0. The van der Waals surface area contributed by atoms with Crippen LogP contribution in [0.4, 0.5) is 5.69 Å². The predicted molar refractivity (Wildman–Crippen MR) is 64.8 cm³/mol. The smallest absolute Gasteiger partial charge is 0.142 e. The fourth-order valence-corrected chi connectivity index (χ4v) is 1.34. The summed E-state index contributed by atoms with van der Waals surface area (Å²) in [6.07, 6.45) is -0.586. The fourth-order valence-electron chi connectivity index (χ4n) is 1.23. The number of alkyl halides is 1. The highest BCUT2D eigenvalue weighted by Gasteiger charge is 2.07. The standard InChI is InChI=1S/C11H16ClNO3/c1-15-9-3-4-11(16-2)10(5-9)13-7-8(14)6-12/h3-5,8,13-14H,6-7H2,1-2H3. The maximum Gasteiger partial charge on any atom is 0.142 e. The number of ether oxygens (including phenoxy) is 2. The van der Waals surface area contributed by atoms with E-state index in [9.17, 15) is 5.11 Å². The first-order valence-corrected chi connectivity index (χ1v) is 5.44. The molecule has 4 nitrogen and oxygen atoms in total. The van der Waals surface area contributed by atoms with Gasteiger partial charge in [-0.15, -0.1) is 11.6 Å². The number of nitrogens with one attached hydrogen (secondary N) is 1. The van der Waals surface area contributed by atoms with Crippen molar-refractivity contribution in [2.45, 2.75) is 6.10 Å². The first-order chi connectivity index (χ1) is 7.71. The van der Waals surface area contributed by atoms with E-state index in [0.717, 1.165) is 11.4 Å². The van der Waals surface area contributed by atoms with E-state index in [0.29, 0.717) is 12.3 Å². The van der Waals surface area contributed by atoms with E-state index in [4.69, 9.17) is 21.1 Å². The summed E-state index contributed by atoms with van der Waals surface area (Å²) in [6, 6.07) is 5.41. The fraction of sp³-hybridized carbons (Fsp3) is 0.455. The summed E-state index contributed by atoms with van der Waals surface area (Å²) in [7, 11) is 3.18. The molecule has 1 aromatic rings. The summed E-state index contributed by atoms with van der Waals surface area (Å²) in [5.41, 5.74) is 0.769. The highest BCUT2D eigenvalue weighted by Crippen LogP contribution is 2.28. The van der Waals surface area contributed by atoms with Crippen molar-refractivity contribution in [3.05, 3.63) is 18.2 Å². The van der Waals surface area contributed by atoms with E-state index in [1.807, 2.05) is 6.07 Å². The second-order valence-corrected chi connectivity index (χ2v) is 3.56. The van der Waals surface area contributed by atoms with Crippen LogP contribution in [0.2, 0.25) is 0 Å². The quantitative estimate of drug-likeness (QED) is 0.750. The van der Waals surface area contributed by atoms with Crippen LogP contribution < -0.4 is 14.8 Å².